The van der Waals surface area contributed by atoms with Gasteiger partial charge in [-0.1, -0.05) is 6.92 Å². The van der Waals surface area contributed by atoms with Gasteiger partial charge in [0.2, 0.25) is 5.91 Å². The average Bonchev–Trinajstić information content (AvgIpc) is 2.16. The summed E-state index contributed by atoms with van der Waals surface area (Å²) in [7, 11) is 4.02. The summed E-state index contributed by atoms with van der Waals surface area (Å²) in [5.41, 5.74) is 5.76. The minimum absolute atomic E-state index is 0.0642. The van der Waals surface area contributed by atoms with Crippen molar-refractivity contribution in [2.24, 2.45) is 5.73 Å². The minimum Gasteiger partial charge on any atom is -0.338 e. The Hall–Kier alpha value is -0.610. The van der Waals surface area contributed by atoms with E-state index in [4.69, 9.17) is 5.73 Å². The minimum atomic E-state index is -0.352. The average molecular weight is 215 g/mol. The first kappa shape index (κ1) is 14.4. The molecule has 1 amide bonds. The van der Waals surface area contributed by atoms with Crippen molar-refractivity contribution in [3.8, 4) is 0 Å². The first-order chi connectivity index (χ1) is 6.93. The molecule has 1 unspecified atom stereocenters. The number of hydrogen-bond donors (Lipinski definition) is 1. The third-order valence-electron chi connectivity index (χ3n) is 2.54. The van der Waals surface area contributed by atoms with Gasteiger partial charge in [0.25, 0.3) is 0 Å². The Morgan fingerprint density at radius 2 is 1.87 bits per heavy atom. The maximum absolute atomic E-state index is 11.9. The molecule has 15 heavy (non-hydrogen) atoms. The van der Waals surface area contributed by atoms with E-state index in [1.54, 1.807) is 0 Å². The van der Waals surface area contributed by atoms with Crippen LogP contribution in [0.5, 0.6) is 0 Å². The number of nitrogens with zero attached hydrogens (tertiary/aromatic N) is 2. The molecule has 4 heteroatoms. The molecule has 90 valence electrons. The molecule has 0 aliphatic carbocycles. The number of amides is 1. The number of nitrogens with two attached hydrogens (primary N) is 1. The second-order valence-electron chi connectivity index (χ2n) is 4.25. The molecule has 0 aliphatic rings. The van der Waals surface area contributed by atoms with Crippen LogP contribution in [0.15, 0.2) is 0 Å². The van der Waals surface area contributed by atoms with E-state index in [-0.39, 0.29) is 18.0 Å². The van der Waals surface area contributed by atoms with Crippen molar-refractivity contribution < 1.29 is 4.79 Å². The van der Waals surface area contributed by atoms with Gasteiger partial charge in [0.1, 0.15) is 0 Å². The zero-order valence-electron chi connectivity index (χ0n) is 10.7. The predicted octanol–water partition coefficient (Wildman–Crippen LogP) is 0.522. The number of carbonyl (C=O) groups excluding carboxylic acids is 1. The van der Waals surface area contributed by atoms with Crippen LogP contribution in [-0.4, -0.2) is 55.0 Å². The summed E-state index contributed by atoms with van der Waals surface area (Å²) in [6.45, 7) is 7.58. The van der Waals surface area contributed by atoms with Crippen LogP contribution in [-0.2, 0) is 4.79 Å². The SMILES string of the molecule is CC[C@H](N)C(=O)N(CC)C(C)CN(C)C. The quantitative estimate of drug-likeness (QED) is 0.703. The molecule has 4 nitrogen and oxygen atoms in total. The molecule has 0 radical (unpaired) electrons. The van der Waals surface area contributed by atoms with E-state index in [1.165, 1.54) is 0 Å². The topological polar surface area (TPSA) is 49.6 Å². The van der Waals surface area contributed by atoms with Crippen molar-refractivity contribution in [1.82, 2.24) is 9.80 Å². The maximum atomic E-state index is 11.9. The van der Waals surface area contributed by atoms with E-state index in [9.17, 15) is 4.79 Å². The number of hydrogen-bond acceptors (Lipinski definition) is 3. The van der Waals surface area contributed by atoms with Crippen LogP contribution in [0.1, 0.15) is 27.2 Å². The lowest BCUT2D eigenvalue weighted by Crippen LogP contribution is -2.50. The summed E-state index contributed by atoms with van der Waals surface area (Å²) in [6, 6.07) is -0.135. The summed E-state index contributed by atoms with van der Waals surface area (Å²) < 4.78 is 0. The summed E-state index contributed by atoms with van der Waals surface area (Å²) in [5, 5.41) is 0. The van der Waals surface area contributed by atoms with E-state index >= 15 is 0 Å². The molecular formula is C11H25N3O. The van der Waals surface area contributed by atoms with Gasteiger partial charge in [-0.3, -0.25) is 4.79 Å². The Kier molecular flexibility index (Phi) is 6.52. The highest BCUT2D eigenvalue weighted by molar-refractivity contribution is 5.81. The van der Waals surface area contributed by atoms with Crippen molar-refractivity contribution in [1.29, 1.82) is 0 Å². The molecule has 0 bridgehead atoms. The number of carbonyl (C=O) groups is 1. The fraction of sp³-hybridized carbons (Fsp3) is 0.909. The number of rotatable bonds is 6. The van der Waals surface area contributed by atoms with Gasteiger partial charge >= 0.3 is 0 Å². The Morgan fingerprint density at radius 1 is 1.33 bits per heavy atom. The fourth-order valence-corrected chi connectivity index (χ4v) is 1.70. The van der Waals surface area contributed by atoms with Crippen molar-refractivity contribution in [2.75, 3.05) is 27.2 Å². The van der Waals surface area contributed by atoms with Gasteiger partial charge in [-0.2, -0.15) is 0 Å². The lowest BCUT2D eigenvalue weighted by Gasteiger charge is -2.31. The standard InChI is InChI=1S/C11H25N3O/c1-6-10(12)11(15)14(7-2)9(3)8-13(4)5/h9-10H,6-8,12H2,1-5H3/t9?,10-/m0/s1. The third-order valence-corrected chi connectivity index (χ3v) is 2.54. The number of likely N-dealkylation sites (N-methyl/N-ethyl adjacent to an activating group) is 2. The summed E-state index contributed by atoms with van der Waals surface area (Å²) in [4.78, 5) is 15.8. The molecule has 0 aromatic carbocycles. The van der Waals surface area contributed by atoms with Gasteiger partial charge in [-0.05, 0) is 34.4 Å². The molecule has 0 fully saturated rings. The maximum Gasteiger partial charge on any atom is 0.239 e. The van der Waals surface area contributed by atoms with E-state index in [0.29, 0.717) is 6.42 Å². The van der Waals surface area contributed by atoms with Crippen LogP contribution in [0.2, 0.25) is 0 Å². The second kappa shape index (κ2) is 6.80. The van der Waals surface area contributed by atoms with Crippen molar-refractivity contribution in [3.05, 3.63) is 0 Å². The van der Waals surface area contributed by atoms with Crippen LogP contribution in [0.3, 0.4) is 0 Å². The van der Waals surface area contributed by atoms with E-state index in [2.05, 4.69) is 11.8 Å². The van der Waals surface area contributed by atoms with Gasteiger partial charge in [-0.25, -0.2) is 0 Å². The molecule has 0 rings (SSSR count). The normalized spacial score (nSPS) is 15.1. The smallest absolute Gasteiger partial charge is 0.239 e. The molecule has 0 spiro atoms. The lowest BCUT2D eigenvalue weighted by molar-refractivity contribution is -0.134. The summed E-state index contributed by atoms with van der Waals surface area (Å²) >= 11 is 0. The Balaban J connectivity index is 4.40. The van der Waals surface area contributed by atoms with Gasteiger partial charge < -0.3 is 15.5 Å². The van der Waals surface area contributed by atoms with Crippen LogP contribution in [0.4, 0.5) is 0 Å². The lowest BCUT2D eigenvalue weighted by atomic mass is 10.1. The molecule has 0 heterocycles. The first-order valence-corrected chi connectivity index (χ1v) is 5.64. The first-order valence-electron chi connectivity index (χ1n) is 5.64. The van der Waals surface area contributed by atoms with Gasteiger partial charge in [-0.15, -0.1) is 0 Å². The zero-order valence-corrected chi connectivity index (χ0v) is 10.7. The monoisotopic (exact) mass is 215 g/mol. The predicted molar refractivity (Wildman–Crippen MR) is 63.7 cm³/mol. The highest BCUT2D eigenvalue weighted by Gasteiger charge is 2.22. The highest BCUT2D eigenvalue weighted by atomic mass is 16.2. The van der Waals surface area contributed by atoms with Crippen LogP contribution < -0.4 is 5.73 Å². The van der Waals surface area contributed by atoms with Crippen molar-refractivity contribution >= 4 is 5.91 Å². The van der Waals surface area contributed by atoms with Crippen molar-refractivity contribution in [3.63, 3.8) is 0 Å². The van der Waals surface area contributed by atoms with Crippen LogP contribution in [0, 0.1) is 0 Å². The fourth-order valence-electron chi connectivity index (χ4n) is 1.70. The van der Waals surface area contributed by atoms with Gasteiger partial charge in [0, 0.05) is 19.1 Å². The second-order valence-corrected chi connectivity index (χ2v) is 4.25. The van der Waals surface area contributed by atoms with Crippen LogP contribution >= 0.6 is 0 Å². The molecule has 0 aliphatic heterocycles. The Bertz CT molecular complexity index is 194. The zero-order chi connectivity index (χ0) is 12.0. The van der Waals surface area contributed by atoms with E-state index in [1.807, 2.05) is 32.8 Å². The molecule has 0 saturated heterocycles. The van der Waals surface area contributed by atoms with E-state index in [0.717, 1.165) is 13.1 Å². The Labute approximate surface area is 93.4 Å². The molecular weight excluding hydrogens is 190 g/mol. The molecule has 2 N–H and O–H groups in total. The molecule has 0 aromatic heterocycles. The third kappa shape index (κ3) is 4.62. The summed E-state index contributed by atoms with van der Waals surface area (Å²) in [5.74, 6) is 0.0642. The molecule has 0 aromatic rings. The van der Waals surface area contributed by atoms with Crippen molar-refractivity contribution in [2.45, 2.75) is 39.3 Å². The largest absolute Gasteiger partial charge is 0.338 e. The van der Waals surface area contributed by atoms with Gasteiger partial charge in [0.15, 0.2) is 0 Å². The summed E-state index contributed by atoms with van der Waals surface area (Å²) in [6.07, 6.45) is 0.698. The molecule has 2 atom stereocenters. The van der Waals surface area contributed by atoms with Crippen LogP contribution in [0.25, 0.3) is 0 Å². The highest BCUT2D eigenvalue weighted by Crippen LogP contribution is 2.04. The van der Waals surface area contributed by atoms with E-state index < -0.39 is 0 Å². The Morgan fingerprint density at radius 3 is 2.20 bits per heavy atom. The van der Waals surface area contributed by atoms with Gasteiger partial charge in [0.05, 0.1) is 6.04 Å². The molecule has 0 saturated carbocycles.